The van der Waals surface area contributed by atoms with E-state index in [4.69, 9.17) is 0 Å². The van der Waals surface area contributed by atoms with Crippen molar-refractivity contribution >= 4 is 0 Å². The predicted octanol–water partition coefficient (Wildman–Crippen LogP) is 2.47. The third-order valence-corrected chi connectivity index (χ3v) is 3.24. The Morgan fingerprint density at radius 2 is 2.21 bits per heavy atom. The molecule has 0 aromatic carbocycles. The third kappa shape index (κ3) is 3.20. The van der Waals surface area contributed by atoms with Gasteiger partial charge in [0.15, 0.2) is 0 Å². The van der Waals surface area contributed by atoms with E-state index in [1.807, 2.05) is 30.2 Å². The maximum atomic E-state index is 4.59. The van der Waals surface area contributed by atoms with Gasteiger partial charge in [0.1, 0.15) is 0 Å². The minimum absolute atomic E-state index is 0.129. The van der Waals surface area contributed by atoms with E-state index >= 15 is 0 Å². The monoisotopic (exact) mass is 258 g/mol. The van der Waals surface area contributed by atoms with E-state index in [1.54, 1.807) is 0 Å². The molecule has 0 spiro atoms. The van der Waals surface area contributed by atoms with Gasteiger partial charge in [-0.2, -0.15) is 5.10 Å². The first-order valence-electron chi connectivity index (χ1n) is 6.92. The summed E-state index contributed by atoms with van der Waals surface area (Å²) < 4.78 is 1.84. The molecule has 4 heteroatoms. The zero-order valence-corrected chi connectivity index (χ0v) is 11.9. The molecule has 2 aromatic heterocycles. The summed E-state index contributed by atoms with van der Waals surface area (Å²) in [5, 5.41) is 7.85. The quantitative estimate of drug-likeness (QED) is 0.865. The minimum Gasteiger partial charge on any atom is -0.305 e. The smallest absolute Gasteiger partial charge is 0.0784 e. The van der Waals surface area contributed by atoms with Crippen molar-refractivity contribution in [1.82, 2.24) is 20.1 Å². The van der Waals surface area contributed by atoms with Gasteiger partial charge in [0.2, 0.25) is 0 Å². The summed E-state index contributed by atoms with van der Waals surface area (Å²) in [6.07, 6.45) is 7.94. The zero-order valence-electron chi connectivity index (χ0n) is 11.9. The maximum absolute atomic E-state index is 4.59. The van der Waals surface area contributed by atoms with Crippen LogP contribution in [0.3, 0.4) is 0 Å². The molecule has 2 rings (SSSR count). The van der Waals surface area contributed by atoms with E-state index in [0.717, 1.165) is 25.1 Å². The van der Waals surface area contributed by atoms with Gasteiger partial charge < -0.3 is 5.32 Å². The first-order chi connectivity index (χ1) is 9.26. The van der Waals surface area contributed by atoms with Gasteiger partial charge in [0, 0.05) is 25.0 Å². The van der Waals surface area contributed by atoms with Gasteiger partial charge in [0.25, 0.3) is 0 Å². The molecular formula is C15H22N4. The van der Waals surface area contributed by atoms with Crippen LogP contribution in [-0.2, 0) is 13.5 Å². The van der Waals surface area contributed by atoms with Crippen LogP contribution in [0.25, 0.3) is 0 Å². The average molecular weight is 258 g/mol. The number of hydrogen-bond donors (Lipinski definition) is 1. The van der Waals surface area contributed by atoms with Crippen molar-refractivity contribution in [2.45, 2.75) is 32.7 Å². The molecule has 1 unspecified atom stereocenters. The summed E-state index contributed by atoms with van der Waals surface area (Å²) in [4.78, 5) is 4.59. The Balaban J connectivity index is 2.36. The number of nitrogens with zero attached hydrogens (tertiary/aromatic N) is 3. The molecule has 19 heavy (non-hydrogen) atoms. The molecule has 2 aromatic rings. The van der Waals surface area contributed by atoms with Crippen LogP contribution in [0.2, 0.25) is 0 Å². The van der Waals surface area contributed by atoms with Crippen LogP contribution < -0.4 is 5.32 Å². The van der Waals surface area contributed by atoms with Crippen LogP contribution in [0, 0.1) is 0 Å². The molecule has 0 aliphatic carbocycles. The van der Waals surface area contributed by atoms with Crippen molar-refractivity contribution < 1.29 is 0 Å². The molecule has 0 bridgehead atoms. The second kappa shape index (κ2) is 6.48. The van der Waals surface area contributed by atoms with Gasteiger partial charge in [-0.1, -0.05) is 19.9 Å². The minimum atomic E-state index is 0.129. The SMILES string of the molecule is CCCNC(c1cnn(C)c1)c1ncccc1CC. The molecule has 102 valence electrons. The van der Waals surface area contributed by atoms with E-state index in [-0.39, 0.29) is 6.04 Å². The molecule has 0 saturated carbocycles. The molecule has 1 N–H and O–H groups in total. The number of hydrogen-bond acceptors (Lipinski definition) is 3. The van der Waals surface area contributed by atoms with Crippen molar-refractivity contribution in [3.05, 3.63) is 47.5 Å². The molecule has 2 heterocycles. The Hall–Kier alpha value is -1.68. The normalized spacial score (nSPS) is 12.6. The van der Waals surface area contributed by atoms with Gasteiger partial charge in [-0.15, -0.1) is 0 Å². The summed E-state index contributed by atoms with van der Waals surface area (Å²) in [6, 6.07) is 4.28. The van der Waals surface area contributed by atoms with Crippen LogP contribution in [0.1, 0.15) is 43.1 Å². The molecule has 0 aliphatic rings. The Bertz CT molecular complexity index is 518. The van der Waals surface area contributed by atoms with Gasteiger partial charge in [-0.25, -0.2) is 0 Å². The number of aryl methyl sites for hydroxylation is 2. The zero-order chi connectivity index (χ0) is 13.7. The fraction of sp³-hybridized carbons (Fsp3) is 0.467. The number of rotatable bonds is 6. The number of pyridine rings is 1. The number of nitrogens with one attached hydrogen (secondary N) is 1. The molecule has 0 radical (unpaired) electrons. The maximum Gasteiger partial charge on any atom is 0.0784 e. The lowest BCUT2D eigenvalue weighted by Gasteiger charge is -2.19. The number of aromatic nitrogens is 3. The van der Waals surface area contributed by atoms with Gasteiger partial charge in [-0.3, -0.25) is 9.67 Å². The molecule has 0 saturated heterocycles. The highest BCUT2D eigenvalue weighted by molar-refractivity contribution is 5.30. The fourth-order valence-corrected chi connectivity index (χ4v) is 2.26. The van der Waals surface area contributed by atoms with Crippen molar-refractivity contribution in [1.29, 1.82) is 0 Å². The lowest BCUT2D eigenvalue weighted by Crippen LogP contribution is -2.25. The molecule has 1 atom stereocenters. The fourth-order valence-electron chi connectivity index (χ4n) is 2.26. The Kier molecular flexibility index (Phi) is 4.68. The Morgan fingerprint density at radius 3 is 2.84 bits per heavy atom. The highest BCUT2D eigenvalue weighted by Crippen LogP contribution is 2.23. The summed E-state index contributed by atoms with van der Waals surface area (Å²) in [7, 11) is 1.94. The van der Waals surface area contributed by atoms with Crippen LogP contribution >= 0.6 is 0 Å². The largest absolute Gasteiger partial charge is 0.305 e. The van der Waals surface area contributed by atoms with Gasteiger partial charge in [-0.05, 0) is 31.0 Å². The van der Waals surface area contributed by atoms with E-state index in [9.17, 15) is 0 Å². The second-order valence-electron chi connectivity index (χ2n) is 4.74. The average Bonchev–Trinajstić information content (AvgIpc) is 2.86. The van der Waals surface area contributed by atoms with Crippen LogP contribution in [0.5, 0.6) is 0 Å². The summed E-state index contributed by atoms with van der Waals surface area (Å²) in [5.74, 6) is 0. The van der Waals surface area contributed by atoms with Crippen LogP contribution in [0.4, 0.5) is 0 Å². The van der Waals surface area contributed by atoms with Crippen molar-refractivity contribution in [3.8, 4) is 0 Å². The Morgan fingerprint density at radius 1 is 1.37 bits per heavy atom. The molecular weight excluding hydrogens is 236 g/mol. The van der Waals surface area contributed by atoms with E-state index < -0.39 is 0 Å². The van der Waals surface area contributed by atoms with Crippen LogP contribution in [-0.4, -0.2) is 21.3 Å². The Labute approximate surface area is 114 Å². The highest BCUT2D eigenvalue weighted by Gasteiger charge is 2.18. The van der Waals surface area contributed by atoms with E-state index in [1.165, 1.54) is 11.1 Å². The predicted molar refractivity (Wildman–Crippen MR) is 77.0 cm³/mol. The summed E-state index contributed by atoms with van der Waals surface area (Å²) in [5.41, 5.74) is 3.58. The topological polar surface area (TPSA) is 42.7 Å². The van der Waals surface area contributed by atoms with Crippen molar-refractivity contribution in [2.75, 3.05) is 6.54 Å². The third-order valence-electron chi connectivity index (χ3n) is 3.24. The molecule has 0 aliphatic heterocycles. The van der Waals surface area contributed by atoms with Crippen molar-refractivity contribution in [2.24, 2.45) is 7.05 Å². The molecule has 0 fully saturated rings. The molecule has 4 nitrogen and oxygen atoms in total. The van der Waals surface area contributed by atoms with Crippen LogP contribution in [0.15, 0.2) is 30.7 Å². The van der Waals surface area contributed by atoms with Gasteiger partial charge >= 0.3 is 0 Å². The van der Waals surface area contributed by atoms with Crippen molar-refractivity contribution in [3.63, 3.8) is 0 Å². The second-order valence-corrected chi connectivity index (χ2v) is 4.74. The standard InChI is InChI=1S/C15H22N4/c1-4-8-16-15(13-10-18-19(3)11-13)14-12(5-2)7-6-9-17-14/h6-7,9-11,15-16H,4-5,8H2,1-3H3. The van der Waals surface area contributed by atoms with E-state index in [0.29, 0.717) is 0 Å². The summed E-state index contributed by atoms with van der Waals surface area (Å²) >= 11 is 0. The summed E-state index contributed by atoms with van der Waals surface area (Å²) in [6.45, 7) is 5.31. The lowest BCUT2D eigenvalue weighted by molar-refractivity contribution is 0.581. The highest BCUT2D eigenvalue weighted by atomic mass is 15.2. The molecule has 0 amide bonds. The first-order valence-corrected chi connectivity index (χ1v) is 6.92. The van der Waals surface area contributed by atoms with Gasteiger partial charge in [0.05, 0.1) is 17.9 Å². The first kappa shape index (κ1) is 13.7. The van der Waals surface area contributed by atoms with E-state index in [2.05, 4.69) is 41.5 Å². The lowest BCUT2D eigenvalue weighted by atomic mass is 10.0.